The smallest absolute Gasteiger partial charge is 0.0971 e. The number of aromatic nitrogens is 2. The summed E-state index contributed by atoms with van der Waals surface area (Å²) < 4.78 is 5.01. The van der Waals surface area contributed by atoms with Gasteiger partial charge in [-0.25, -0.2) is 4.98 Å². The predicted octanol–water partition coefficient (Wildman–Crippen LogP) is 14.7. The molecular formula is C56H34N2S. The first-order valence-corrected chi connectivity index (χ1v) is 21.1. The van der Waals surface area contributed by atoms with E-state index in [0.29, 0.717) is 0 Å². The molecule has 0 N–H and O–H groups in total. The van der Waals surface area contributed by atoms with Crippen molar-refractivity contribution in [3.8, 4) is 39.2 Å². The third-order valence-corrected chi connectivity index (χ3v) is 14.0. The van der Waals surface area contributed by atoms with E-state index in [1.165, 1.54) is 75.8 Å². The molecule has 274 valence electrons. The summed E-state index contributed by atoms with van der Waals surface area (Å²) in [5.74, 6) is 0. The zero-order valence-corrected chi connectivity index (χ0v) is 32.7. The van der Waals surface area contributed by atoms with Gasteiger partial charge in [-0.1, -0.05) is 146 Å². The van der Waals surface area contributed by atoms with Gasteiger partial charge in [-0.15, -0.1) is 11.3 Å². The first kappa shape index (κ1) is 32.7. The third kappa shape index (κ3) is 4.59. The molecular weight excluding hydrogens is 733 g/mol. The van der Waals surface area contributed by atoms with Gasteiger partial charge < -0.3 is 4.57 Å². The first-order valence-electron chi connectivity index (χ1n) is 20.3. The van der Waals surface area contributed by atoms with E-state index in [1.807, 2.05) is 11.3 Å². The van der Waals surface area contributed by atoms with Crippen LogP contribution in [-0.2, 0) is 5.41 Å². The monoisotopic (exact) mass is 766 g/mol. The van der Waals surface area contributed by atoms with Crippen molar-refractivity contribution in [1.29, 1.82) is 0 Å². The molecule has 8 aromatic carbocycles. The maximum atomic E-state index is 5.38. The van der Waals surface area contributed by atoms with Crippen LogP contribution in [0, 0.1) is 0 Å². The van der Waals surface area contributed by atoms with Crippen molar-refractivity contribution in [2.24, 2.45) is 0 Å². The molecule has 0 fully saturated rings. The Morgan fingerprint density at radius 3 is 1.98 bits per heavy atom. The lowest BCUT2D eigenvalue weighted by molar-refractivity contribution is 0.768. The molecule has 2 aliphatic carbocycles. The second kappa shape index (κ2) is 12.3. The maximum Gasteiger partial charge on any atom is 0.0971 e. The molecule has 0 radical (unpaired) electrons. The molecule has 13 rings (SSSR count). The van der Waals surface area contributed by atoms with Crippen LogP contribution in [0.4, 0.5) is 0 Å². The summed E-state index contributed by atoms with van der Waals surface area (Å²) in [5.41, 5.74) is 18.7. The van der Waals surface area contributed by atoms with Gasteiger partial charge in [-0.2, -0.15) is 0 Å². The van der Waals surface area contributed by atoms with Gasteiger partial charge in [-0.3, -0.25) is 0 Å². The molecule has 0 aliphatic heterocycles. The Hall–Kier alpha value is -7.33. The lowest BCUT2D eigenvalue weighted by Gasteiger charge is -2.35. The quantitative estimate of drug-likeness (QED) is 0.175. The number of nitrogens with zero attached hydrogens (tertiary/aromatic N) is 2. The van der Waals surface area contributed by atoms with Crippen LogP contribution in [0.15, 0.2) is 194 Å². The fourth-order valence-corrected chi connectivity index (χ4v) is 11.4. The van der Waals surface area contributed by atoms with Gasteiger partial charge in [0.05, 0.1) is 27.7 Å². The highest BCUT2D eigenvalue weighted by Gasteiger charge is 2.48. The van der Waals surface area contributed by atoms with Crippen LogP contribution in [0.5, 0.6) is 0 Å². The summed E-state index contributed by atoms with van der Waals surface area (Å²) in [4.78, 5) is 5.38. The number of fused-ring (bicyclic) bond motifs is 15. The van der Waals surface area contributed by atoms with Crippen molar-refractivity contribution in [1.82, 2.24) is 9.55 Å². The highest BCUT2D eigenvalue weighted by atomic mass is 32.1. The zero-order chi connectivity index (χ0) is 38.7. The minimum atomic E-state index is -0.534. The minimum absolute atomic E-state index is 0.534. The largest absolute Gasteiger partial charge is 0.308 e. The van der Waals surface area contributed by atoms with E-state index in [0.717, 1.165) is 38.9 Å². The first-order chi connectivity index (χ1) is 29.2. The molecule has 0 saturated heterocycles. The van der Waals surface area contributed by atoms with Crippen molar-refractivity contribution in [3.63, 3.8) is 0 Å². The number of hydrogen-bond donors (Lipinski definition) is 0. The summed E-state index contributed by atoms with van der Waals surface area (Å²) in [6, 6.07) is 71.7. The molecule has 1 spiro atoms. The Morgan fingerprint density at radius 1 is 0.407 bits per heavy atom. The summed E-state index contributed by atoms with van der Waals surface area (Å²) in [5, 5.41) is 3.78. The molecule has 1 unspecified atom stereocenters. The van der Waals surface area contributed by atoms with Crippen molar-refractivity contribution in [2.45, 2.75) is 5.41 Å². The van der Waals surface area contributed by atoms with Gasteiger partial charge in [0, 0.05) is 36.8 Å². The molecule has 0 saturated carbocycles. The predicted molar refractivity (Wildman–Crippen MR) is 249 cm³/mol. The maximum absolute atomic E-state index is 5.38. The van der Waals surface area contributed by atoms with E-state index in [2.05, 4.69) is 211 Å². The highest BCUT2D eigenvalue weighted by Crippen LogP contribution is 2.60. The van der Waals surface area contributed by atoms with Crippen LogP contribution in [0.2, 0.25) is 0 Å². The van der Waals surface area contributed by atoms with Crippen molar-refractivity contribution in [3.05, 3.63) is 228 Å². The van der Waals surface area contributed by atoms with Crippen molar-refractivity contribution < 1.29 is 0 Å². The Morgan fingerprint density at radius 2 is 1.10 bits per heavy atom. The molecule has 0 amide bonds. The van der Waals surface area contributed by atoms with E-state index in [4.69, 9.17) is 4.98 Å². The summed E-state index contributed by atoms with van der Waals surface area (Å²) in [6.07, 6.45) is 4.65. The summed E-state index contributed by atoms with van der Waals surface area (Å²) in [6.45, 7) is 0. The standard InChI is InChI=1S/C56H34N2S/c1-3-14-37(15-4-1)50-28-30-52-55(57-50)45-31-38(27-29-51(45)58(52)40-16-5-2-6-17-40)39-26-25-36-24-23-35-13-7-10-20-46(35)56(48(36)32-39)47-21-11-8-18-41(47)43-34-54-44(33-49(43)56)42-19-9-12-22-53(42)59-54/h1-34H. The van der Waals surface area contributed by atoms with Gasteiger partial charge in [0.15, 0.2) is 0 Å². The van der Waals surface area contributed by atoms with Crippen molar-refractivity contribution >= 4 is 65.6 Å². The molecule has 3 heteroatoms. The average Bonchev–Trinajstić information content (AvgIpc) is 3.89. The van der Waals surface area contributed by atoms with Crippen LogP contribution in [-0.4, -0.2) is 9.55 Å². The van der Waals surface area contributed by atoms with Crippen LogP contribution in [0.25, 0.3) is 93.5 Å². The Labute approximate surface area is 345 Å². The van der Waals surface area contributed by atoms with Crippen LogP contribution in [0.3, 0.4) is 0 Å². The molecule has 1 atom stereocenters. The van der Waals surface area contributed by atoms with E-state index < -0.39 is 5.41 Å². The molecule has 3 aromatic heterocycles. The lowest BCUT2D eigenvalue weighted by atomic mass is 9.65. The van der Waals surface area contributed by atoms with Gasteiger partial charge in [0.2, 0.25) is 0 Å². The lowest BCUT2D eigenvalue weighted by Crippen LogP contribution is -2.30. The second-order valence-electron chi connectivity index (χ2n) is 15.8. The van der Waals surface area contributed by atoms with Crippen LogP contribution < -0.4 is 0 Å². The SMILES string of the molecule is C1=Cc2ccc(-c3ccc4c(c3)c3nc(-c5ccccc5)ccc3n4-c3ccccc3)cc2C2(c3ccccc31)c1ccccc1-c1cc3sc4ccccc4c3cc12. The van der Waals surface area contributed by atoms with Gasteiger partial charge in [-0.05, 0) is 116 Å². The van der Waals surface area contributed by atoms with E-state index >= 15 is 0 Å². The second-order valence-corrected chi connectivity index (χ2v) is 16.9. The highest BCUT2D eigenvalue weighted by molar-refractivity contribution is 7.25. The van der Waals surface area contributed by atoms with Crippen LogP contribution >= 0.6 is 11.3 Å². The average molecular weight is 767 g/mol. The molecule has 11 aromatic rings. The Balaban J connectivity index is 1.09. The minimum Gasteiger partial charge on any atom is -0.308 e. The fourth-order valence-electron chi connectivity index (χ4n) is 10.3. The van der Waals surface area contributed by atoms with E-state index in [-0.39, 0.29) is 0 Å². The van der Waals surface area contributed by atoms with Crippen LogP contribution in [0.1, 0.15) is 33.4 Å². The third-order valence-electron chi connectivity index (χ3n) is 12.8. The fraction of sp³-hybridized carbons (Fsp3) is 0.0179. The number of rotatable bonds is 3. The molecule has 0 bridgehead atoms. The normalized spacial score (nSPS) is 15.1. The number of pyridine rings is 1. The van der Waals surface area contributed by atoms with Crippen molar-refractivity contribution in [2.75, 3.05) is 0 Å². The Bertz CT molecular complexity index is 3550. The number of para-hydroxylation sites is 1. The molecule has 2 nitrogen and oxygen atoms in total. The van der Waals surface area contributed by atoms with E-state index in [1.54, 1.807) is 0 Å². The number of benzene rings is 8. The van der Waals surface area contributed by atoms with Gasteiger partial charge >= 0.3 is 0 Å². The zero-order valence-electron chi connectivity index (χ0n) is 31.9. The van der Waals surface area contributed by atoms with Gasteiger partial charge in [0.25, 0.3) is 0 Å². The molecule has 2 aliphatic rings. The molecule has 3 heterocycles. The van der Waals surface area contributed by atoms with E-state index in [9.17, 15) is 0 Å². The summed E-state index contributed by atoms with van der Waals surface area (Å²) >= 11 is 1.89. The number of thiophene rings is 1. The topological polar surface area (TPSA) is 17.8 Å². The molecule has 59 heavy (non-hydrogen) atoms. The summed E-state index contributed by atoms with van der Waals surface area (Å²) in [7, 11) is 0. The number of hydrogen-bond acceptors (Lipinski definition) is 2. The van der Waals surface area contributed by atoms with Gasteiger partial charge in [0.1, 0.15) is 0 Å². The Kier molecular flexibility index (Phi) is 6.84.